The van der Waals surface area contributed by atoms with Crippen LogP contribution in [0.3, 0.4) is 0 Å². The van der Waals surface area contributed by atoms with Crippen molar-refractivity contribution in [3.05, 3.63) is 224 Å². The molecule has 2 heteroatoms. The van der Waals surface area contributed by atoms with Crippen LogP contribution < -0.4 is 4.90 Å². The lowest BCUT2D eigenvalue weighted by Crippen LogP contribution is -2.10. The first-order valence-corrected chi connectivity index (χ1v) is 19.1. The van der Waals surface area contributed by atoms with Gasteiger partial charge in [0, 0.05) is 33.4 Å². The predicted octanol–water partition coefficient (Wildman–Crippen LogP) is 15.4. The van der Waals surface area contributed by atoms with Gasteiger partial charge in [-0.3, -0.25) is 0 Å². The van der Waals surface area contributed by atoms with Gasteiger partial charge in [-0.25, -0.2) is 0 Å². The third kappa shape index (κ3) is 6.14. The number of para-hydroxylation sites is 2. The van der Waals surface area contributed by atoms with E-state index in [0.717, 1.165) is 61.3 Å². The first-order chi connectivity index (χ1) is 27.8. The van der Waals surface area contributed by atoms with Crippen LogP contribution in [0, 0.1) is 0 Å². The van der Waals surface area contributed by atoms with Crippen LogP contribution in [0.5, 0.6) is 0 Å². The van der Waals surface area contributed by atoms with E-state index in [-0.39, 0.29) is 0 Å². The molecule has 0 radical (unpaired) electrons. The normalized spacial score (nSPS) is 11.2. The summed E-state index contributed by atoms with van der Waals surface area (Å²) >= 11 is 0. The zero-order valence-electron chi connectivity index (χ0n) is 30.7. The largest absolute Gasteiger partial charge is 0.455 e. The van der Waals surface area contributed by atoms with Crippen molar-refractivity contribution < 1.29 is 4.42 Å². The molecular weight excluding hydrogens is 679 g/mol. The van der Waals surface area contributed by atoms with E-state index in [2.05, 4.69) is 223 Å². The highest BCUT2D eigenvalue weighted by Gasteiger charge is 2.21. The van der Waals surface area contributed by atoms with Gasteiger partial charge in [-0.05, 0) is 92.5 Å². The van der Waals surface area contributed by atoms with Crippen molar-refractivity contribution in [3.8, 4) is 55.6 Å². The number of benzene rings is 9. The molecule has 1 aromatic heterocycles. The van der Waals surface area contributed by atoms with Crippen molar-refractivity contribution in [1.29, 1.82) is 0 Å². The summed E-state index contributed by atoms with van der Waals surface area (Å²) in [5.41, 5.74) is 16.5. The van der Waals surface area contributed by atoms with Crippen LogP contribution in [-0.4, -0.2) is 0 Å². The summed E-state index contributed by atoms with van der Waals surface area (Å²) < 4.78 is 6.66. The summed E-state index contributed by atoms with van der Waals surface area (Å²) in [6.07, 6.45) is 0. The Morgan fingerprint density at radius 2 is 0.714 bits per heavy atom. The van der Waals surface area contributed by atoms with Crippen LogP contribution >= 0.6 is 0 Å². The van der Waals surface area contributed by atoms with Gasteiger partial charge in [0.25, 0.3) is 0 Å². The van der Waals surface area contributed by atoms with E-state index in [4.69, 9.17) is 4.42 Å². The number of fused-ring (bicyclic) bond motifs is 3. The standard InChI is InChI=1S/C54H37NO/c1-5-16-38(17-6-1)39-28-30-43(31-29-39)55(44-32-34-46(40-18-7-2-8-19-40)51(36-44)42-22-11-4-12-23-42)45-33-35-47(41-20-9-3-10-21-41)52(37-45)50-26-15-25-49-48-24-13-14-27-53(48)56-54(49)50/h1-37H. The van der Waals surface area contributed by atoms with Gasteiger partial charge in [0.05, 0.1) is 0 Å². The molecule has 0 aliphatic carbocycles. The Labute approximate surface area is 327 Å². The Morgan fingerprint density at radius 1 is 0.268 bits per heavy atom. The number of hydrogen-bond acceptors (Lipinski definition) is 2. The molecule has 0 bridgehead atoms. The molecule has 0 saturated heterocycles. The summed E-state index contributed by atoms with van der Waals surface area (Å²) in [6.45, 7) is 0. The van der Waals surface area contributed by atoms with Gasteiger partial charge in [-0.1, -0.05) is 182 Å². The van der Waals surface area contributed by atoms with Gasteiger partial charge in [-0.2, -0.15) is 0 Å². The Hall–Kier alpha value is -7.42. The zero-order chi connectivity index (χ0) is 37.3. The van der Waals surface area contributed by atoms with Gasteiger partial charge >= 0.3 is 0 Å². The third-order valence-corrected chi connectivity index (χ3v) is 10.7. The van der Waals surface area contributed by atoms with Crippen LogP contribution in [0.1, 0.15) is 0 Å². The van der Waals surface area contributed by atoms with E-state index < -0.39 is 0 Å². The van der Waals surface area contributed by atoms with E-state index in [1.165, 1.54) is 33.4 Å². The summed E-state index contributed by atoms with van der Waals surface area (Å²) in [5, 5.41) is 2.23. The number of nitrogens with zero attached hydrogens (tertiary/aromatic N) is 1. The van der Waals surface area contributed by atoms with E-state index in [1.807, 2.05) is 6.07 Å². The number of furan rings is 1. The van der Waals surface area contributed by atoms with E-state index in [1.54, 1.807) is 0 Å². The van der Waals surface area contributed by atoms with Gasteiger partial charge in [-0.15, -0.1) is 0 Å². The zero-order valence-corrected chi connectivity index (χ0v) is 30.7. The summed E-state index contributed by atoms with van der Waals surface area (Å²) in [6, 6.07) is 80.1. The molecule has 0 amide bonds. The second-order valence-corrected chi connectivity index (χ2v) is 14.1. The van der Waals surface area contributed by atoms with Crippen LogP contribution in [0.2, 0.25) is 0 Å². The van der Waals surface area contributed by atoms with Crippen molar-refractivity contribution in [2.45, 2.75) is 0 Å². The van der Waals surface area contributed by atoms with Crippen LogP contribution in [0.15, 0.2) is 229 Å². The lowest BCUT2D eigenvalue weighted by Gasteiger charge is -2.28. The first-order valence-electron chi connectivity index (χ1n) is 19.1. The summed E-state index contributed by atoms with van der Waals surface area (Å²) in [7, 11) is 0. The predicted molar refractivity (Wildman–Crippen MR) is 236 cm³/mol. The number of anilines is 3. The van der Waals surface area contributed by atoms with Crippen LogP contribution in [-0.2, 0) is 0 Å². The molecular formula is C54H37NO. The van der Waals surface area contributed by atoms with Gasteiger partial charge < -0.3 is 9.32 Å². The van der Waals surface area contributed by atoms with E-state index in [9.17, 15) is 0 Å². The second-order valence-electron chi connectivity index (χ2n) is 14.1. The molecule has 0 unspecified atom stereocenters. The van der Waals surface area contributed by atoms with E-state index in [0.29, 0.717) is 0 Å². The molecule has 264 valence electrons. The highest BCUT2D eigenvalue weighted by Crippen LogP contribution is 2.45. The molecule has 10 rings (SSSR count). The molecule has 10 aromatic rings. The highest BCUT2D eigenvalue weighted by atomic mass is 16.3. The molecule has 0 spiro atoms. The summed E-state index contributed by atoms with van der Waals surface area (Å²) in [4.78, 5) is 2.38. The fourth-order valence-electron chi connectivity index (χ4n) is 8.00. The molecule has 1 heterocycles. The lowest BCUT2D eigenvalue weighted by molar-refractivity contribution is 0.670. The van der Waals surface area contributed by atoms with Gasteiger partial charge in [0.1, 0.15) is 11.2 Å². The maximum absolute atomic E-state index is 6.66. The molecule has 0 fully saturated rings. The SMILES string of the molecule is c1ccc(-c2ccc(N(c3ccc(-c4ccccc4)c(-c4ccccc4)c3)c3ccc(-c4ccccc4)c(-c4cccc5c4oc4ccccc45)c3)cc2)cc1. The minimum Gasteiger partial charge on any atom is -0.455 e. The smallest absolute Gasteiger partial charge is 0.143 e. The molecule has 56 heavy (non-hydrogen) atoms. The van der Waals surface area contributed by atoms with Crippen molar-refractivity contribution >= 4 is 39.0 Å². The topological polar surface area (TPSA) is 16.4 Å². The molecule has 0 atom stereocenters. The Morgan fingerprint density at radius 3 is 1.32 bits per heavy atom. The molecule has 0 aliphatic rings. The number of rotatable bonds is 8. The minimum atomic E-state index is 0.888. The highest BCUT2D eigenvalue weighted by molar-refractivity contribution is 6.11. The fraction of sp³-hybridized carbons (Fsp3) is 0. The molecule has 0 N–H and O–H groups in total. The minimum absolute atomic E-state index is 0.888. The van der Waals surface area contributed by atoms with Gasteiger partial charge in [0.15, 0.2) is 0 Å². The maximum Gasteiger partial charge on any atom is 0.143 e. The van der Waals surface area contributed by atoms with Crippen LogP contribution in [0.4, 0.5) is 17.1 Å². The average Bonchev–Trinajstić information content (AvgIpc) is 3.67. The Balaban J connectivity index is 1.21. The van der Waals surface area contributed by atoms with Crippen molar-refractivity contribution in [1.82, 2.24) is 0 Å². The van der Waals surface area contributed by atoms with Crippen molar-refractivity contribution in [2.75, 3.05) is 4.90 Å². The monoisotopic (exact) mass is 715 g/mol. The van der Waals surface area contributed by atoms with Gasteiger partial charge in [0.2, 0.25) is 0 Å². The molecule has 2 nitrogen and oxygen atoms in total. The Kier molecular flexibility index (Phi) is 8.55. The van der Waals surface area contributed by atoms with Crippen molar-refractivity contribution in [3.63, 3.8) is 0 Å². The maximum atomic E-state index is 6.66. The average molecular weight is 716 g/mol. The number of hydrogen-bond donors (Lipinski definition) is 0. The fourth-order valence-corrected chi connectivity index (χ4v) is 8.00. The molecule has 0 aliphatic heterocycles. The Bertz CT molecular complexity index is 2930. The third-order valence-electron chi connectivity index (χ3n) is 10.7. The first kappa shape index (κ1) is 33.2. The van der Waals surface area contributed by atoms with Crippen molar-refractivity contribution in [2.24, 2.45) is 0 Å². The molecule has 0 saturated carbocycles. The lowest BCUT2D eigenvalue weighted by atomic mass is 9.92. The second kappa shape index (κ2) is 14.4. The quantitative estimate of drug-likeness (QED) is 0.156. The summed E-state index contributed by atoms with van der Waals surface area (Å²) in [5.74, 6) is 0. The van der Waals surface area contributed by atoms with Crippen LogP contribution in [0.25, 0.3) is 77.6 Å². The van der Waals surface area contributed by atoms with E-state index >= 15 is 0 Å². The molecule has 9 aromatic carbocycles.